The van der Waals surface area contributed by atoms with Crippen LogP contribution >= 0.6 is 0 Å². The van der Waals surface area contributed by atoms with E-state index in [1.54, 1.807) is 7.11 Å². The lowest BCUT2D eigenvalue weighted by atomic mass is 9.56. The summed E-state index contributed by atoms with van der Waals surface area (Å²) in [5.74, 6) is -0.439. The van der Waals surface area contributed by atoms with Crippen LogP contribution < -0.4 is 4.74 Å². The Morgan fingerprint density at radius 2 is 2.05 bits per heavy atom. The van der Waals surface area contributed by atoms with Gasteiger partial charge < -0.3 is 4.74 Å². The van der Waals surface area contributed by atoms with Crippen LogP contribution in [0.2, 0.25) is 0 Å². The first kappa shape index (κ1) is 14.5. The molecule has 2 saturated carbocycles. The second-order valence-corrected chi connectivity index (χ2v) is 7.91. The first-order valence-electron chi connectivity index (χ1n) is 8.46. The lowest BCUT2D eigenvalue weighted by Crippen LogP contribution is -2.39. The molecule has 0 unspecified atom stereocenters. The van der Waals surface area contributed by atoms with E-state index in [4.69, 9.17) is 4.74 Å². The molecule has 4 atom stereocenters. The van der Waals surface area contributed by atoms with Crippen molar-refractivity contribution in [1.29, 1.82) is 0 Å². The second-order valence-electron chi connectivity index (χ2n) is 7.91. The number of hydrogen-bond donors (Lipinski definition) is 0. The van der Waals surface area contributed by atoms with Crippen molar-refractivity contribution in [1.82, 2.24) is 0 Å². The average molecular weight is 306 g/mol. The highest BCUT2D eigenvalue weighted by atomic mass is 19.3. The van der Waals surface area contributed by atoms with Gasteiger partial charge in [0, 0.05) is 12.8 Å². The highest BCUT2D eigenvalue weighted by Gasteiger charge is 2.59. The first-order chi connectivity index (χ1) is 10.4. The Kier molecular flexibility index (Phi) is 3.08. The van der Waals surface area contributed by atoms with Gasteiger partial charge in [-0.3, -0.25) is 0 Å². The van der Waals surface area contributed by atoms with Gasteiger partial charge in [0.05, 0.1) is 7.11 Å². The lowest BCUT2D eigenvalue weighted by molar-refractivity contribution is -0.00320. The van der Waals surface area contributed by atoms with Crippen LogP contribution in [0.15, 0.2) is 18.2 Å². The molecule has 1 aromatic carbocycles. The molecule has 0 aliphatic heterocycles. The van der Waals surface area contributed by atoms with E-state index in [1.807, 2.05) is 6.07 Å². The fourth-order valence-electron chi connectivity index (χ4n) is 5.68. The maximum atomic E-state index is 14.0. The first-order valence-corrected chi connectivity index (χ1v) is 8.46. The minimum absolute atomic E-state index is 0.101. The third-order valence-electron chi connectivity index (χ3n) is 6.63. The molecule has 0 spiro atoms. The van der Waals surface area contributed by atoms with E-state index < -0.39 is 5.92 Å². The third-order valence-corrected chi connectivity index (χ3v) is 6.63. The predicted molar refractivity (Wildman–Crippen MR) is 82.6 cm³/mol. The molecule has 3 heteroatoms. The van der Waals surface area contributed by atoms with Crippen molar-refractivity contribution >= 4 is 0 Å². The van der Waals surface area contributed by atoms with Gasteiger partial charge in [0.25, 0.3) is 0 Å². The monoisotopic (exact) mass is 306 g/mol. The van der Waals surface area contributed by atoms with Gasteiger partial charge in [-0.1, -0.05) is 13.0 Å². The molecule has 0 radical (unpaired) electrons. The van der Waals surface area contributed by atoms with Crippen molar-refractivity contribution in [2.24, 2.45) is 17.3 Å². The lowest BCUT2D eigenvalue weighted by Gasteiger charge is -2.48. The van der Waals surface area contributed by atoms with Gasteiger partial charge in [0.15, 0.2) is 0 Å². The van der Waals surface area contributed by atoms with Crippen molar-refractivity contribution in [2.75, 3.05) is 7.11 Å². The molecule has 0 saturated heterocycles. The van der Waals surface area contributed by atoms with Gasteiger partial charge in [0.2, 0.25) is 5.92 Å². The summed E-state index contributed by atoms with van der Waals surface area (Å²) in [5, 5.41) is 0. The Morgan fingerprint density at radius 1 is 1.23 bits per heavy atom. The molecule has 1 aromatic rings. The van der Waals surface area contributed by atoms with Crippen LogP contribution in [0.3, 0.4) is 0 Å². The largest absolute Gasteiger partial charge is 0.497 e. The van der Waals surface area contributed by atoms with Crippen molar-refractivity contribution in [2.45, 2.75) is 57.3 Å². The van der Waals surface area contributed by atoms with Crippen molar-refractivity contribution in [3.8, 4) is 5.75 Å². The van der Waals surface area contributed by atoms with Crippen LogP contribution in [-0.4, -0.2) is 13.0 Å². The summed E-state index contributed by atoms with van der Waals surface area (Å²) in [4.78, 5) is 0. The number of alkyl halides is 2. The highest BCUT2D eigenvalue weighted by molar-refractivity contribution is 5.40. The molecule has 3 aliphatic rings. The van der Waals surface area contributed by atoms with E-state index in [-0.39, 0.29) is 24.2 Å². The Bertz CT molecular complexity index is 597. The Morgan fingerprint density at radius 3 is 2.82 bits per heavy atom. The molecule has 1 nitrogen and oxygen atoms in total. The number of aryl methyl sites for hydroxylation is 1. The molecular weight excluding hydrogens is 282 g/mol. The number of fused-ring (bicyclic) bond motifs is 5. The molecule has 0 heterocycles. The third kappa shape index (κ3) is 2.08. The van der Waals surface area contributed by atoms with Crippen LogP contribution in [0.1, 0.15) is 56.1 Å². The van der Waals surface area contributed by atoms with Crippen LogP contribution in [0.25, 0.3) is 0 Å². The molecular formula is C19H24F2O. The zero-order valence-corrected chi connectivity index (χ0v) is 13.4. The van der Waals surface area contributed by atoms with Gasteiger partial charge in [0.1, 0.15) is 5.75 Å². The average Bonchev–Trinajstić information content (AvgIpc) is 2.74. The van der Waals surface area contributed by atoms with Gasteiger partial charge in [-0.2, -0.15) is 0 Å². The van der Waals surface area contributed by atoms with Crippen LogP contribution in [0, 0.1) is 17.3 Å². The molecule has 3 aliphatic carbocycles. The Hall–Kier alpha value is -1.12. The zero-order valence-electron chi connectivity index (χ0n) is 13.4. The van der Waals surface area contributed by atoms with Crippen LogP contribution in [0.5, 0.6) is 5.75 Å². The zero-order chi connectivity index (χ0) is 15.5. The molecule has 4 rings (SSSR count). The number of rotatable bonds is 1. The standard InChI is InChI=1S/C19H24F2O/c1-18-8-7-15-14-6-4-13(22-2)9-12(14)3-5-16(15)17(18)10-19(20,21)11-18/h4,6,9,15-17H,3,5,7-8,10-11H2,1-2H3/t15-,16-,17+,18-/m1/s1. The van der Waals surface area contributed by atoms with E-state index in [0.717, 1.165) is 31.4 Å². The Balaban J connectivity index is 1.68. The van der Waals surface area contributed by atoms with Crippen molar-refractivity contribution in [3.05, 3.63) is 29.3 Å². The fraction of sp³-hybridized carbons (Fsp3) is 0.684. The molecule has 0 N–H and O–H groups in total. The van der Waals surface area contributed by atoms with Crippen molar-refractivity contribution in [3.63, 3.8) is 0 Å². The predicted octanol–water partition coefficient (Wildman–Crippen LogP) is 5.19. The van der Waals surface area contributed by atoms with Gasteiger partial charge in [-0.25, -0.2) is 8.78 Å². The van der Waals surface area contributed by atoms with E-state index in [1.165, 1.54) is 11.1 Å². The van der Waals surface area contributed by atoms with Crippen molar-refractivity contribution < 1.29 is 13.5 Å². The maximum Gasteiger partial charge on any atom is 0.249 e. The summed E-state index contributed by atoms with van der Waals surface area (Å²) in [6.45, 7) is 2.11. The molecule has 120 valence electrons. The quantitative estimate of drug-likeness (QED) is 0.694. The molecule has 0 amide bonds. The number of methoxy groups -OCH3 is 1. The van der Waals surface area contributed by atoms with E-state index in [9.17, 15) is 8.78 Å². The van der Waals surface area contributed by atoms with E-state index in [2.05, 4.69) is 19.1 Å². The summed E-state index contributed by atoms with van der Waals surface area (Å²) >= 11 is 0. The van der Waals surface area contributed by atoms with Gasteiger partial charge in [-0.15, -0.1) is 0 Å². The Labute approximate surface area is 131 Å². The van der Waals surface area contributed by atoms with Crippen LogP contribution in [-0.2, 0) is 6.42 Å². The molecule has 2 fully saturated rings. The van der Waals surface area contributed by atoms with Crippen LogP contribution in [0.4, 0.5) is 8.78 Å². The molecule has 22 heavy (non-hydrogen) atoms. The number of halogens is 2. The summed E-state index contributed by atoms with van der Waals surface area (Å²) in [6.07, 6.45) is 4.28. The highest BCUT2D eigenvalue weighted by Crippen LogP contribution is 2.64. The number of hydrogen-bond acceptors (Lipinski definition) is 1. The number of benzene rings is 1. The normalized spacial score (nSPS) is 38.8. The topological polar surface area (TPSA) is 9.23 Å². The maximum absolute atomic E-state index is 14.0. The smallest absolute Gasteiger partial charge is 0.249 e. The second kappa shape index (κ2) is 4.69. The minimum Gasteiger partial charge on any atom is -0.497 e. The van der Waals surface area contributed by atoms with E-state index in [0.29, 0.717) is 11.8 Å². The van der Waals surface area contributed by atoms with Gasteiger partial charge >= 0.3 is 0 Å². The molecule has 0 bridgehead atoms. The van der Waals surface area contributed by atoms with E-state index >= 15 is 0 Å². The number of ether oxygens (including phenoxy) is 1. The minimum atomic E-state index is -2.45. The fourth-order valence-corrected chi connectivity index (χ4v) is 5.68. The van der Waals surface area contributed by atoms with Gasteiger partial charge in [-0.05, 0) is 72.1 Å². The summed E-state index contributed by atoms with van der Waals surface area (Å²) < 4.78 is 33.4. The SMILES string of the molecule is COc1ccc2c(c1)CC[C@@H]1[C@@H]2CC[C@]2(C)CC(F)(F)C[C@@H]12. The summed E-state index contributed by atoms with van der Waals surface area (Å²) in [7, 11) is 1.69. The summed E-state index contributed by atoms with van der Waals surface area (Å²) in [5.41, 5.74) is 2.62. The molecule has 0 aromatic heterocycles. The summed E-state index contributed by atoms with van der Waals surface area (Å²) in [6, 6.07) is 6.35.